The van der Waals surface area contributed by atoms with Gasteiger partial charge < -0.3 is 5.11 Å². The molecule has 2 aromatic heterocycles. The number of fused-ring (bicyclic) bond motifs is 2. The maximum Gasteiger partial charge on any atom is 0.314 e. The highest BCUT2D eigenvalue weighted by Gasteiger charge is 2.50. The standard InChI is InChI=1S/C22H22FN5O2S/c1-2-18-17-11-22(21(29)30)10-16(31-20-12-24-27-25-20)8-3-13(22)9-19(17)28(26-18)15-6-4-14(23)5-7-15/h4-7,9,12,16H,2-3,8,10-11H2,1H3,(H,29,30)(H,24,25,27)/t16-,22+/m0/s1. The molecular weight excluding hydrogens is 417 g/mol. The Morgan fingerprint density at radius 2 is 2.19 bits per heavy atom. The van der Waals surface area contributed by atoms with Gasteiger partial charge in [0.1, 0.15) is 10.8 Å². The van der Waals surface area contributed by atoms with E-state index in [4.69, 9.17) is 5.10 Å². The van der Waals surface area contributed by atoms with Crippen LogP contribution in [-0.2, 0) is 17.6 Å². The van der Waals surface area contributed by atoms with Crippen LogP contribution in [0.3, 0.4) is 0 Å². The van der Waals surface area contributed by atoms with E-state index in [9.17, 15) is 14.3 Å². The van der Waals surface area contributed by atoms with E-state index in [1.165, 1.54) is 12.1 Å². The maximum atomic E-state index is 13.4. The van der Waals surface area contributed by atoms with Gasteiger partial charge in [0, 0.05) is 10.8 Å². The smallest absolute Gasteiger partial charge is 0.314 e. The number of rotatable bonds is 5. The van der Waals surface area contributed by atoms with E-state index in [-0.39, 0.29) is 11.1 Å². The van der Waals surface area contributed by atoms with Gasteiger partial charge in [0.2, 0.25) is 0 Å². The van der Waals surface area contributed by atoms with Crippen molar-refractivity contribution in [3.8, 4) is 5.69 Å². The third kappa shape index (κ3) is 3.37. The molecule has 1 aromatic carbocycles. The fourth-order valence-corrected chi connectivity index (χ4v) is 5.94. The van der Waals surface area contributed by atoms with Crippen molar-refractivity contribution >= 4 is 23.8 Å². The second-order valence-corrected chi connectivity index (χ2v) is 9.43. The zero-order valence-electron chi connectivity index (χ0n) is 17.0. The van der Waals surface area contributed by atoms with Crippen molar-refractivity contribution in [1.82, 2.24) is 25.2 Å². The highest BCUT2D eigenvalue weighted by atomic mass is 32.2. The average molecular weight is 440 g/mol. The molecule has 0 bridgehead atoms. The topological polar surface area (TPSA) is 96.7 Å². The SMILES string of the molecule is CCc1nn(-c2ccc(F)cc2)c2c1C[C@]1(C(=O)O)C[C@@H](Sc3cnn[nH]3)CCC1=C2. The van der Waals surface area contributed by atoms with Crippen molar-refractivity contribution in [3.63, 3.8) is 0 Å². The first-order chi connectivity index (χ1) is 15.0. The van der Waals surface area contributed by atoms with Gasteiger partial charge in [0.25, 0.3) is 0 Å². The van der Waals surface area contributed by atoms with Crippen LogP contribution >= 0.6 is 11.8 Å². The first-order valence-electron chi connectivity index (χ1n) is 10.3. The molecule has 9 heteroatoms. The zero-order chi connectivity index (χ0) is 21.6. The molecule has 5 rings (SSSR count). The van der Waals surface area contributed by atoms with E-state index in [0.29, 0.717) is 25.7 Å². The van der Waals surface area contributed by atoms with Crippen LogP contribution in [0.1, 0.15) is 43.1 Å². The molecule has 0 spiro atoms. The lowest BCUT2D eigenvalue weighted by atomic mass is 9.64. The number of aryl methyl sites for hydroxylation is 1. The number of aliphatic carboxylic acids is 1. The van der Waals surface area contributed by atoms with Crippen molar-refractivity contribution in [2.24, 2.45) is 5.41 Å². The summed E-state index contributed by atoms with van der Waals surface area (Å²) in [5, 5.41) is 26.6. The number of carbonyl (C=O) groups is 1. The van der Waals surface area contributed by atoms with Gasteiger partial charge in [0.05, 0.1) is 28.7 Å². The number of hydrogen-bond donors (Lipinski definition) is 2. The van der Waals surface area contributed by atoms with Crippen LogP contribution in [0.5, 0.6) is 0 Å². The van der Waals surface area contributed by atoms with Crippen LogP contribution in [0.4, 0.5) is 4.39 Å². The second kappa shape index (κ2) is 7.64. The minimum absolute atomic E-state index is 0.161. The third-order valence-electron chi connectivity index (χ3n) is 6.32. The van der Waals surface area contributed by atoms with E-state index in [1.807, 2.05) is 17.7 Å². The van der Waals surface area contributed by atoms with E-state index in [1.54, 1.807) is 30.1 Å². The van der Waals surface area contributed by atoms with Crippen LogP contribution in [-0.4, -0.2) is 41.5 Å². The summed E-state index contributed by atoms with van der Waals surface area (Å²) >= 11 is 1.61. The molecule has 7 nitrogen and oxygen atoms in total. The quantitative estimate of drug-likeness (QED) is 0.623. The summed E-state index contributed by atoms with van der Waals surface area (Å²) in [6.45, 7) is 2.02. The maximum absolute atomic E-state index is 13.4. The van der Waals surface area contributed by atoms with E-state index < -0.39 is 11.4 Å². The fraction of sp³-hybridized carbons (Fsp3) is 0.364. The summed E-state index contributed by atoms with van der Waals surface area (Å²) < 4.78 is 15.2. The number of thioether (sulfide) groups is 1. The normalized spacial score (nSPS) is 22.5. The molecule has 0 aliphatic heterocycles. The van der Waals surface area contributed by atoms with E-state index in [0.717, 1.165) is 39.7 Å². The lowest BCUT2D eigenvalue weighted by Crippen LogP contribution is -2.43. The Morgan fingerprint density at radius 3 is 2.87 bits per heavy atom. The molecule has 0 radical (unpaired) electrons. The van der Waals surface area contributed by atoms with Crippen molar-refractivity contribution in [2.45, 2.75) is 49.3 Å². The van der Waals surface area contributed by atoms with Crippen LogP contribution < -0.4 is 0 Å². The molecular formula is C22H22FN5O2S. The number of aromatic nitrogens is 5. The van der Waals surface area contributed by atoms with E-state index >= 15 is 0 Å². The minimum Gasteiger partial charge on any atom is -0.481 e. The van der Waals surface area contributed by atoms with Gasteiger partial charge >= 0.3 is 5.97 Å². The summed E-state index contributed by atoms with van der Waals surface area (Å²) in [6, 6.07) is 6.23. The number of carboxylic acid groups (broad SMARTS) is 1. The Morgan fingerprint density at radius 1 is 1.39 bits per heavy atom. The van der Waals surface area contributed by atoms with Gasteiger partial charge in [-0.25, -0.2) is 9.07 Å². The average Bonchev–Trinajstić information content (AvgIpc) is 3.40. The molecule has 2 N–H and O–H groups in total. The number of halogens is 1. The Kier molecular flexibility index (Phi) is 4.92. The van der Waals surface area contributed by atoms with Gasteiger partial charge in [0.15, 0.2) is 0 Å². The molecule has 0 amide bonds. The van der Waals surface area contributed by atoms with E-state index in [2.05, 4.69) is 15.4 Å². The molecule has 1 fully saturated rings. The summed E-state index contributed by atoms with van der Waals surface area (Å²) in [4.78, 5) is 12.6. The summed E-state index contributed by atoms with van der Waals surface area (Å²) in [7, 11) is 0. The number of aromatic amines is 1. The Balaban J connectivity index is 1.55. The van der Waals surface area contributed by atoms with Crippen molar-refractivity contribution in [3.05, 3.63) is 58.8 Å². The molecule has 1 saturated carbocycles. The Bertz CT molecular complexity index is 1160. The lowest BCUT2D eigenvalue weighted by molar-refractivity contribution is -0.147. The van der Waals surface area contributed by atoms with Crippen LogP contribution in [0.15, 0.2) is 41.1 Å². The summed E-state index contributed by atoms with van der Waals surface area (Å²) in [6.07, 6.45) is 6.94. The summed E-state index contributed by atoms with van der Waals surface area (Å²) in [5.74, 6) is -1.08. The number of H-pyrrole nitrogens is 1. The van der Waals surface area contributed by atoms with Crippen molar-refractivity contribution in [2.75, 3.05) is 0 Å². The minimum atomic E-state index is -0.934. The Labute approximate surface area is 182 Å². The van der Waals surface area contributed by atoms with Crippen LogP contribution in [0, 0.1) is 11.2 Å². The van der Waals surface area contributed by atoms with Crippen LogP contribution in [0.25, 0.3) is 11.8 Å². The van der Waals surface area contributed by atoms with Crippen molar-refractivity contribution in [1.29, 1.82) is 0 Å². The number of nitrogens with zero attached hydrogens (tertiary/aromatic N) is 4. The fourth-order valence-electron chi connectivity index (χ4n) is 4.78. The van der Waals surface area contributed by atoms with Gasteiger partial charge in [-0.2, -0.15) is 5.10 Å². The number of benzene rings is 1. The van der Waals surface area contributed by atoms with Gasteiger partial charge in [-0.05, 0) is 62.4 Å². The van der Waals surface area contributed by atoms with Crippen molar-refractivity contribution < 1.29 is 14.3 Å². The first-order valence-corrected chi connectivity index (χ1v) is 11.2. The molecule has 31 heavy (non-hydrogen) atoms. The predicted molar refractivity (Wildman–Crippen MR) is 115 cm³/mol. The highest BCUT2D eigenvalue weighted by molar-refractivity contribution is 7.99. The zero-order valence-corrected chi connectivity index (χ0v) is 17.8. The Hall–Kier alpha value is -2.94. The predicted octanol–water partition coefficient (Wildman–Crippen LogP) is 4.05. The summed E-state index contributed by atoms with van der Waals surface area (Å²) in [5.41, 5.74) is 3.57. The molecule has 2 aliphatic rings. The van der Waals surface area contributed by atoms with Gasteiger partial charge in [-0.1, -0.05) is 17.7 Å². The molecule has 0 unspecified atom stereocenters. The molecule has 2 heterocycles. The molecule has 2 aliphatic carbocycles. The van der Waals surface area contributed by atoms with Gasteiger partial charge in [-0.15, -0.1) is 16.9 Å². The molecule has 160 valence electrons. The molecule has 0 saturated heterocycles. The number of carboxylic acids is 1. The lowest BCUT2D eigenvalue weighted by Gasteiger charge is -2.41. The third-order valence-corrected chi connectivity index (χ3v) is 7.51. The number of hydrogen-bond acceptors (Lipinski definition) is 5. The van der Waals surface area contributed by atoms with Crippen LogP contribution in [0.2, 0.25) is 0 Å². The molecule has 3 aromatic rings. The monoisotopic (exact) mass is 439 g/mol. The molecule has 2 atom stereocenters. The largest absolute Gasteiger partial charge is 0.481 e. The first kappa shape index (κ1) is 20.0. The number of nitrogens with one attached hydrogen (secondary N) is 1. The highest BCUT2D eigenvalue weighted by Crippen LogP contribution is 2.52. The van der Waals surface area contributed by atoms with Gasteiger partial charge in [-0.3, -0.25) is 9.89 Å². The second-order valence-electron chi connectivity index (χ2n) is 8.09.